The maximum absolute atomic E-state index is 5.36. The van der Waals surface area contributed by atoms with Crippen LogP contribution in [-0.2, 0) is 13.0 Å². The van der Waals surface area contributed by atoms with E-state index < -0.39 is 0 Å². The molecule has 0 fully saturated rings. The highest BCUT2D eigenvalue weighted by Gasteiger charge is 2.05. The minimum absolute atomic E-state index is 0.653. The summed E-state index contributed by atoms with van der Waals surface area (Å²) in [7, 11) is 3.30. The number of hydrogen-bond donors (Lipinski definition) is 2. The van der Waals surface area contributed by atoms with Crippen molar-refractivity contribution in [3.63, 3.8) is 0 Å². The summed E-state index contributed by atoms with van der Waals surface area (Å²) in [6, 6.07) is 14.5. The molecule has 5 nitrogen and oxygen atoms in total. The van der Waals surface area contributed by atoms with Crippen LogP contribution in [0.25, 0.3) is 0 Å². The number of thioether (sulfide) groups is 1. The van der Waals surface area contributed by atoms with Gasteiger partial charge in [-0.3, -0.25) is 0 Å². The summed E-state index contributed by atoms with van der Waals surface area (Å²) in [5.74, 6) is 2.33. The van der Waals surface area contributed by atoms with E-state index in [1.54, 1.807) is 26.0 Å². The van der Waals surface area contributed by atoms with Crippen molar-refractivity contribution in [2.75, 3.05) is 33.6 Å². The van der Waals surface area contributed by atoms with Gasteiger partial charge in [0.15, 0.2) is 17.5 Å². The fraction of sp³-hybridized carbons (Fsp3) is 0.381. The molecule has 6 heteroatoms. The molecule has 2 aromatic rings. The van der Waals surface area contributed by atoms with Crippen LogP contribution in [0.2, 0.25) is 0 Å². The second-order valence-electron chi connectivity index (χ2n) is 5.91. The number of benzene rings is 2. The highest BCUT2D eigenvalue weighted by molar-refractivity contribution is 7.98. The number of nitrogens with zero attached hydrogens (tertiary/aromatic N) is 1. The Kier molecular flexibility index (Phi) is 8.84. The van der Waals surface area contributed by atoms with Gasteiger partial charge in [-0.15, -0.1) is 11.8 Å². The average molecular weight is 388 g/mol. The molecule has 0 aromatic heterocycles. The Hall–Kier alpha value is -2.34. The molecule has 2 N–H and O–H groups in total. The lowest BCUT2D eigenvalue weighted by atomic mass is 10.1. The summed E-state index contributed by atoms with van der Waals surface area (Å²) in [5.41, 5.74) is 2.38. The molecular formula is C21H29N3O2S. The number of ether oxygens (including phenoxy) is 2. The van der Waals surface area contributed by atoms with Crippen molar-refractivity contribution in [3.8, 4) is 11.5 Å². The molecule has 27 heavy (non-hydrogen) atoms. The number of methoxy groups -OCH3 is 2. The zero-order chi connectivity index (χ0) is 19.5. The molecule has 0 atom stereocenters. The molecule has 0 radical (unpaired) electrons. The molecule has 0 saturated heterocycles. The van der Waals surface area contributed by atoms with E-state index in [2.05, 4.69) is 59.1 Å². The Morgan fingerprint density at radius 1 is 0.963 bits per heavy atom. The second-order valence-corrected chi connectivity index (χ2v) is 6.79. The molecule has 146 valence electrons. The molecule has 0 amide bonds. The molecule has 0 aliphatic heterocycles. The first kappa shape index (κ1) is 21.0. The summed E-state index contributed by atoms with van der Waals surface area (Å²) in [6.07, 6.45) is 2.95. The first-order valence-electron chi connectivity index (χ1n) is 9.06. The van der Waals surface area contributed by atoms with Crippen LogP contribution in [0.1, 0.15) is 18.1 Å². The summed E-state index contributed by atoms with van der Waals surface area (Å²) in [6.45, 7) is 4.33. The van der Waals surface area contributed by atoms with Gasteiger partial charge in [-0.05, 0) is 55.0 Å². The third-order valence-electron chi connectivity index (χ3n) is 4.08. The van der Waals surface area contributed by atoms with Gasteiger partial charge in [-0.2, -0.15) is 0 Å². The van der Waals surface area contributed by atoms with E-state index in [1.807, 2.05) is 12.1 Å². The van der Waals surface area contributed by atoms with E-state index in [-0.39, 0.29) is 0 Å². The second kappa shape index (κ2) is 11.4. The van der Waals surface area contributed by atoms with E-state index in [0.29, 0.717) is 6.54 Å². The van der Waals surface area contributed by atoms with Gasteiger partial charge in [0.25, 0.3) is 0 Å². The van der Waals surface area contributed by atoms with Crippen molar-refractivity contribution in [2.45, 2.75) is 24.8 Å². The third-order valence-corrected chi connectivity index (χ3v) is 4.82. The van der Waals surface area contributed by atoms with Crippen LogP contribution < -0.4 is 20.1 Å². The Labute approximate surface area is 166 Å². The fourth-order valence-corrected chi connectivity index (χ4v) is 3.01. The SMILES string of the molecule is CCNC(=NCc1ccc(SC)cc1)NCCc1ccc(OC)c(OC)c1. The summed E-state index contributed by atoms with van der Waals surface area (Å²) in [4.78, 5) is 5.94. The lowest BCUT2D eigenvalue weighted by Crippen LogP contribution is -2.38. The van der Waals surface area contributed by atoms with Gasteiger partial charge in [-0.1, -0.05) is 18.2 Å². The molecule has 0 aliphatic carbocycles. The van der Waals surface area contributed by atoms with Gasteiger partial charge in [0.1, 0.15) is 0 Å². The Morgan fingerprint density at radius 2 is 1.67 bits per heavy atom. The predicted octanol–water partition coefficient (Wildman–Crippen LogP) is 3.72. The maximum Gasteiger partial charge on any atom is 0.191 e. The van der Waals surface area contributed by atoms with Gasteiger partial charge in [0, 0.05) is 18.0 Å². The maximum atomic E-state index is 5.36. The highest BCUT2D eigenvalue weighted by Crippen LogP contribution is 2.27. The zero-order valence-corrected chi connectivity index (χ0v) is 17.4. The van der Waals surface area contributed by atoms with Crippen molar-refractivity contribution in [1.82, 2.24) is 10.6 Å². The Morgan fingerprint density at radius 3 is 2.30 bits per heavy atom. The van der Waals surface area contributed by atoms with Crippen LogP contribution in [0.5, 0.6) is 11.5 Å². The molecule has 0 spiro atoms. The lowest BCUT2D eigenvalue weighted by molar-refractivity contribution is 0.354. The third kappa shape index (κ3) is 6.71. The number of aliphatic imine (C=N–C) groups is 1. The average Bonchev–Trinajstić information content (AvgIpc) is 2.72. The summed E-state index contributed by atoms with van der Waals surface area (Å²) < 4.78 is 10.6. The minimum atomic E-state index is 0.653. The van der Waals surface area contributed by atoms with Crippen LogP contribution in [-0.4, -0.2) is 39.5 Å². The lowest BCUT2D eigenvalue weighted by Gasteiger charge is -2.13. The van der Waals surface area contributed by atoms with E-state index in [4.69, 9.17) is 9.47 Å². The van der Waals surface area contributed by atoms with Crippen LogP contribution in [0.15, 0.2) is 52.4 Å². The fourth-order valence-electron chi connectivity index (χ4n) is 2.60. The largest absolute Gasteiger partial charge is 0.493 e. The summed E-state index contributed by atoms with van der Waals surface area (Å²) in [5, 5.41) is 6.68. The monoisotopic (exact) mass is 387 g/mol. The smallest absolute Gasteiger partial charge is 0.191 e. The van der Waals surface area contributed by atoms with Crippen LogP contribution >= 0.6 is 11.8 Å². The number of hydrogen-bond acceptors (Lipinski definition) is 4. The van der Waals surface area contributed by atoms with Gasteiger partial charge in [-0.25, -0.2) is 4.99 Å². The molecule has 2 aromatic carbocycles. The normalized spacial score (nSPS) is 11.2. The summed E-state index contributed by atoms with van der Waals surface area (Å²) >= 11 is 1.75. The standard InChI is InChI=1S/C21H29N3O2S/c1-5-22-21(24-15-17-6-9-18(27-4)10-7-17)23-13-12-16-8-11-19(25-2)20(14-16)26-3/h6-11,14H,5,12-13,15H2,1-4H3,(H2,22,23,24). The first-order valence-corrected chi connectivity index (χ1v) is 10.3. The number of nitrogens with one attached hydrogen (secondary N) is 2. The molecule has 2 rings (SSSR count). The van der Waals surface area contributed by atoms with Crippen LogP contribution in [0.3, 0.4) is 0 Å². The predicted molar refractivity (Wildman–Crippen MR) is 114 cm³/mol. The highest BCUT2D eigenvalue weighted by atomic mass is 32.2. The van der Waals surface area contributed by atoms with Crippen molar-refractivity contribution in [2.24, 2.45) is 4.99 Å². The van der Waals surface area contributed by atoms with E-state index >= 15 is 0 Å². The van der Waals surface area contributed by atoms with Gasteiger partial charge < -0.3 is 20.1 Å². The van der Waals surface area contributed by atoms with Crippen LogP contribution in [0.4, 0.5) is 0 Å². The zero-order valence-electron chi connectivity index (χ0n) is 16.5. The van der Waals surface area contributed by atoms with Crippen LogP contribution in [0, 0.1) is 0 Å². The molecule has 0 saturated carbocycles. The first-order chi connectivity index (χ1) is 13.2. The molecular weight excluding hydrogens is 358 g/mol. The topological polar surface area (TPSA) is 54.9 Å². The van der Waals surface area contributed by atoms with Gasteiger partial charge in [0.05, 0.1) is 20.8 Å². The Balaban J connectivity index is 1.91. The molecule has 0 heterocycles. The molecule has 0 bridgehead atoms. The van der Waals surface area contributed by atoms with E-state index in [1.165, 1.54) is 16.0 Å². The quantitative estimate of drug-likeness (QED) is 0.390. The molecule has 0 aliphatic rings. The van der Waals surface area contributed by atoms with Gasteiger partial charge in [0.2, 0.25) is 0 Å². The molecule has 0 unspecified atom stereocenters. The Bertz CT molecular complexity index is 733. The van der Waals surface area contributed by atoms with E-state index in [0.717, 1.165) is 37.0 Å². The van der Waals surface area contributed by atoms with Crippen molar-refractivity contribution < 1.29 is 9.47 Å². The number of guanidine groups is 1. The van der Waals surface area contributed by atoms with E-state index in [9.17, 15) is 0 Å². The number of rotatable bonds is 9. The minimum Gasteiger partial charge on any atom is -0.493 e. The van der Waals surface area contributed by atoms with Crippen molar-refractivity contribution >= 4 is 17.7 Å². The van der Waals surface area contributed by atoms with Crippen molar-refractivity contribution in [1.29, 1.82) is 0 Å². The van der Waals surface area contributed by atoms with Gasteiger partial charge >= 0.3 is 0 Å². The van der Waals surface area contributed by atoms with Crippen molar-refractivity contribution in [3.05, 3.63) is 53.6 Å².